The minimum absolute atomic E-state index is 0.0234. The SMILES string of the molecule is COc1ccccc1NC(=O)CN1CCCC(c2nc3ccccc3[nH]2)C1. The van der Waals surface area contributed by atoms with Gasteiger partial charge in [0.25, 0.3) is 0 Å². The van der Waals surface area contributed by atoms with Crippen LogP contribution in [-0.4, -0.2) is 47.5 Å². The molecule has 1 unspecified atom stereocenters. The first-order valence-corrected chi connectivity index (χ1v) is 9.33. The third-order valence-electron chi connectivity index (χ3n) is 5.05. The van der Waals surface area contributed by atoms with Gasteiger partial charge in [0.15, 0.2) is 0 Å². The van der Waals surface area contributed by atoms with Crippen molar-refractivity contribution >= 4 is 22.6 Å². The summed E-state index contributed by atoms with van der Waals surface area (Å²) in [6.45, 7) is 2.13. The summed E-state index contributed by atoms with van der Waals surface area (Å²) in [5.74, 6) is 1.99. The quantitative estimate of drug-likeness (QED) is 0.728. The van der Waals surface area contributed by atoms with Gasteiger partial charge >= 0.3 is 0 Å². The lowest BCUT2D eigenvalue weighted by Crippen LogP contribution is -2.40. The number of H-pyrrole nitrogens is 1. The number of benzene rings is 2. The van der Waals surface area contributed by atoms with Gasteiger partial charge in [-0.3, -0.25) is 9.69 Å². The van der Waals surface area contributed by atoms with E-state index in [0.717, 1.165) is 42.8 Å². The van der Waals surface area contributed by atoms with Crippen molar-refractivity contribution in [3.8, 4) is 5.75 Å². The van der Waals surface area contributed by atoms with Crippen molar-refractivity contribution in [1.29, 1.82) is 0 Å². The second-order valence-electron chi connectivity index (χ2n) is 6.96. The van der Waals surface area contributed by atoms with E-state index < -0.39 is 0 Å². The molecule has 1 aliphatic rings. The number of piperidine rings is 1. The van der Waals surface area contributed by atoms with Crippen LogP contribution in [0.2, 0.25) is 0 Å². The Kier molecular flexibility index (Phi) is 5.07. The Bertz CT molecular complexity index is 904. The van der Waals surface area contributed by atoms with Gasteiger partial charge < -0.3 is 15.0 Å². The number of hydrogen-bond donors (Lipinski definition) is 2. The first kappa shape index (κ1) is 17.5. The van der Waals surface area contributed by atoms with Crippen LogP contribution in [0.4, 0.5) is 5.69 Å². The van der Waals surface area contributed by atoms with E-state index in [-0.39, 0.29) is 5.91 Å². The second-order valence-corrected chi connectivity index (χ2v) is 6.96. The molecule has 1 fully saturated rings. The summed E-state index contributed by atoms with van der Waals surface area (Å²) in [6.07, 6.45) is 2.15. The number of carbonyl (C=O) groups excluding carboxylic acids is 1. The van der Waals surface area contributed by atoms with E-state index in [0.29, 0.717) is 23.9 Å². The van der Waals surface area contributed by atoms with Gasteiger partial charge in [-0.05, 0) is 43.7 Å². The van der Waals surface area contributed by atoms with E-state index >= 15 is 0 Å². The summed E-state index contributed by atoms with van der Waals surface area (Å²) in [5, 5.41) is 2.96. The fraction of sp³-hybridized carbons (Fsp3) is 0.333. The van der Waals surface area contributed by atoms with Crippen LogP contribution in [0.15, 0.2) is 48.5 Å². The maximum atomic E-state index is 12.5. The van der Waals surface area contributed by atoms with Gasteiger partial charge in [-0.15, -0.1) is 0 Å². The van der Waals surface area contributed by atoms with Crippen LogP contribution in [0, 0.1) is 0 Å². The maximum Gasteiger partial charge on any atom is 0.238 e. The molecule has 3 aromatic rings. The van der Waals surface area contributed by atoms with E-state index in [2.05, 4.69) is 15.2 Å². The Balaban J connectivity index is 1.40. The predicted molar refractivity (Wildman–Crippen MR) is 106 cm³/mol. The number of nitrogens with zero attached hydrogens (tertiary/aromatic N) is 2. The zero-order valence-corrected chi connectivity index (χ0v) is 15.4. The molecule has 4 rings (SSSR count). The number of rotatable bonds is 5. The first-order chi connectivity index (χ1) is 13.2. The Hall–Kier alpha value is -2.86. The van der Waals surface area contributed by atoms with E-state index in [1.54, 1.807) is 7.11 Å². The lowest BCUT2D eigenvalue weighted by Gasteiger charge is -2.31. The van der Waals surface area contributed by atoms with Crippen LogP contribution in [0.5, 0.6) is 5.75 Å². The molecule has 140 valence electrons. The van der Waals surface area contributed by atoms with Gasteiger partial charge in [-0.25, -0.2) is 4.98 Å². The average Bonchev–Trinajstić information content (AvgIpc) is 3.13. The monoisotopic (exact) mass is 364 g/mol. The molecule has 0 bridgehead atoms. The van der Waals surface area contributed by atoms with Crippen LogP contribution >= 0.6 is 0 Å². The molecule has 1 amide bonds. The number of amides is 1. The zero-order chi connectivity index (χ0) is 18.6. The second kappa shape index (κ2) is 7.80. The summed E-state index contributed by atoms with van der Waals surface area (Å²) in [4.78, 5) is 22.9. The van der Waals surface area contributed by atoms with Crippen molar-refractivity contribution in [3.63, 3.8) is 0 Å². The third-order valence-corrected chi connectivity index (χ3v) is 5.05. The molecular formula is C21H24N4O2. The number of aromatic amines is 1. The van der Waals surface area contributed by atoms with Gasteiger partial charge in [0.2, 0.25) is 5.91 Å². The van der Waals surface area contributed by atoms with Crippen molar-refractivity contribution in [2.45, 2.75) is 18.8 Å². The predicted octanol–water partition coefficient (Wildman–Crippen LogP) is 3.39. The molecule has 0 radical (unpaired) electrons. The molecule has 0 spiro atoms. The summed E-state index contributed by atoms with van der Waals surface area (Å²) in [5.41, 5.74) is 2.77. The van der Waals surface area contributed by atoms with Crippen molar-refractivity contribution in [2.75, 3.05) is 32.1 Å². The number of methoxy groups -OCH3 is 1. The van der Waals surface area contributed by atoms with Gasteiger partial charge in [-0.1, -0.05) is 24.3 Å². The number of fused-ring (bicyclic) bond motifs is 1. The van der Waals surface area contributed by atoms with E-state index in [4.69, 9.17) is 9.72 Å². The number of carbonyl (C=O) groups is 1. The van der Waals surface area contributed by atoms with Gasteiger partial charge in [-0.2, -0.15) is 0 Å². The zero-order valence-electron chi connectivity index (χ0n) is 15.4. The molecule has 27 heavy (non-hydrogen) atoms. The van der Waals surface area contributed by atoms with Crippen molar-refractivity contribution in [2.24, 2.45) is 0 Å². The normalized spacial score (nSPS) is 17.7. The Morgan fingerprint density at radius 2 is 2.07 bits per heavy atom. The number of para-hydroxylation sites is 4. The molecule has 1 aliphatic heterocycles. The molecule has 2 aromatic carbocycles. The van der Waals surface area contributed by atoms with Gasteiger partial charge in [0.1, 0.15) is 11.6 Å². The summed E-state index contributed by atoms with van der Waals surface area (Å²) >= 11 is 0. The molecule has 1 atom stereocenters. The fourth-order valence-electron chi connectivity index (χ4n) is 3.73. The van der Waals surface area contributed by atoms with Crippen LogP contribution in [-0.2, 0) is 4.79 Å². The summed E-state index contributed by atoms with van der Waals surface area (Å²) < 4.78 is 5.30. The molecule has 1 saturated heterocycles. The van der Waals surface area contributed by atoms with E-state index in [1.807, 2.05) is 48.5 Å². The van der Waals surface area contributed by atoms with Gasteiger partial charge in [0, 0.05) is 12.5 Å². The van der Waals surface area contributed by atoms with Crippen molar-refractivity contribution < 1.29 is 9.53 Å². The molecule has 0 aliphatic carbocycles. The Labute approximate surface area is 158 Å². The highest BCUT2D eigenvalue weighted by Gasteiger charge is 2.25. The first-order valence-electron chi connectivity index (χ1n) is 9.33. The lowest BCUT2D eigenvalue weighted by molar-refractivity contribution is -0.117. The van der Waals surface area contributed by atoms with Crippen LogP contribution in [0.1, 0.15) is 24.6 Å². The number of likely N-dealkylation sites (tertiary alicyclic amines) is 1. The number of anilines is 1. The van der Waals surface area contributed by atoms with Crippen LogP contribution < -0.4 is 10.1 Å². The largest absolute Gasteiger partial charge is 0.495 e. The maximum absolute atomic E-state index is 12.5. The molecule has 0 saturated carbocycles. The third kappa shape index (κ3) is 3.95. The average molecular weight is 364 g/mol. The smallest absolute Gasteiger partial charge is 0.238 e. The highest BCUT2D eigenvalue weighted by Crippen LogP contribution is 2.27. The topological polar surface area (TPSA) is 70.2 Å². The minimum Gasteiger partial charge on any atom is -0.495 e. The molecule has 2 heterocycles. The molecule has 1 aromatic heterocycles. The van der Waals surface area contributed by atoms with Crippen LogP contribution in [0.3, 0.4) is 0 Å². The highest BCUT2D eigenvalue weighted by molar-refractivity contribution is 5.93. The number of ether oxygens (including phenoxy) is 1. The fourth-order valence-corrected chi connectivity index (χ4v) is 3.73. The van der Waals surface area contributed by atoms with E-state index in [9.17, 15) is 4.79 Å². The molecule has 6 nitrogen and oxygen atoms in total. The standard InChI is InChI=1S/C21H24N4O2/c1-27-19-11-5-4-10-18(19)22-20(26)14-25-12-6-7-15(13-25)21-23-16-8-2-3-9-17(16)24-21/h2-5,8-11,15H,6-7,12-14H2,1H3,(H,22,26)(H,23,24). The van der Waals surface area contributed by atoms with Crippen LogP contribution in [0.25, 0.3) is 11.0 Å². The number of hydrogen-bond acceptors (Lipinski definition) is 4. The number of aromatic nitrogens is 2. The lowest BCUT2D eigenvalue weighted by atomic mass is 9.97. The summed E-state index contributed by atoms with van der Waals surface area (Å²) in [7, 11) is 1.60. The van der Waals surface area contributed by atoms with Crippen molar-refractivity contribution in [1.82, 2.24) is 14.9 Å². The van der Waals surface area contributed by atoms with Gasteiger partial charge in [0.05, 0.1) is 30.4 Å². The highest BCUT2D eigenvalue weighted by atomic mass is 16.5. The number of imidazole rings is 1. The number of nitrogens with one attached hydrogen (secondary N) is 2. The Morgan fingerprint density at radius 1 is 1.26 bits per heavy atom. The summed E-state index contributed by atoms with van der Waals surface area (Å²) in [6, 6.07) is 15.6. The Morgan fingerprint density at radius 3 is 2.93 bits per heavy atom. The molecular weight excluding hydrogens is 340 g/mol. The minimum atomic E-state index is -0.0234. The molecule has 6 heteroatoms. The molecule has 2 N–H and O–H groups in total. The van der Waals surface area contributed by atoms with Crippen molar-refractivity contribution in [3.05, 3.63) is 54.4 Å². The van der Waals surface area contributed by atoms with E-state index in [1.165, 1.54) is 0 Å².